The van der Waals surface area contributed by atoms with Crippen molar-refractivity contribution < 1.29 is 9.47 Å². The van der Waals surface area contributed by atoms with Gasteiger partial charge in [-0.1, -0.05) is 0 Å². The Morgan fingerprint density at radius 3 is 2.31 bits per heavy atom. The molecular weight excluding hydrogens is 200 g/mol. The van der Waals surface area contributed by atoms with Crippen molar-refractivity contribution in [2.45, 2.75) is 69.4 Å². The van der Waals surface area contributed by atoms with Crippen LogP contribution in [0.25, 0.3) is 0 Å². The third-order valence-electron chi connectivity index (χ3n) is 4.96. The van der Waals surface area contributed by atoms with Gasteiger partial charge in [0.15, 0.2) is 0 Å². The molecule has 0 aromatic heterocycles. The molecule has 2 heteroatoms. The number of hydrogen-bond donors (Lipinski definition) is 0. The summed E-state index contributed by atoms with van der Waals surface area (Å²) in [6.45, 7) is 0. The van der Waals surface area contributed by atoms with E-state index >= 15 is 0 Å². The van der Waals surface area contributed by atoms with Crippen LogP contribution in [0.3, 0.4) is 0 Å². The summed E-state index contributed by atoms with van der Waals surface area (Å²) in [5.41, 5.74) is 0. The molecule has 4 fully saturated rings. The molecule has 1 radical (unpaired) electrons. The fourth-order valence-corrected chi connectivity index (χ4v) is 3.73. The molecule has 4 rings (SSSR count). The highest BCUT2D eigenvalue weighted by Crippen LogP contribution is 2.44. The predicted octanol–water partition coefficient (Wildman–Crippen LogP) is 2.72. The molecule has 6 unspecified atom stereocenters. The zero-order chi connectivity index (χ0) is 10.5. The van der Waals surface area contributed by atoms with E-state index in [1.165, 1.54) is 44.9 Å². The number of rotatable bonds is 3. The molecule has 4 aliphatic rings. The van der Waals surface area contributed by atoms with E-state index in [4.69, 9.17) is 9.47 Å². The Morgan fingerprint density at radius 1 is 0.812 bits per heavy atom. The van der Waals surface area contributed by atoms with Crippen LogP contribution in [0, 0.1) is 18.3 Å². The Bertz CT molecular complexity index is 250. The van der Waals surface area contributed by atoms with Gasteiger partial charge in [-0.15, -0.1) is 0 Å². The molecule has 2 saturated heterocycles. The zero-order valence-electron chi connectivity index (χ0n) is 9.81. The molecule has 0 spiro atoms. The lowest BCUT2D eigenvalue weighted by Crippen LogP contribution is -2.18. The van der Waals surface area contributed by atoms with Crippen molar-refractivity contribution in [3.63, 3.8) is 0 Å². The fourth-order valence-electron chi connectivity index (χ4n) is 3.73. The molecule has 2 aliphatic heterocycles. The first-order valence-electron chi connectivity index (χ1n) is 7.03. The molecule has 16 heavy (non-hydrogen) atoms. The highest BCUT2D eigenvalue weighted by molar-refractivity contribution is 4.98. The second-order valence-corrected chi connectivity index (χ2v) is 6.15. The van der Waals surface area contributed by atoms with Gasteiger partial charge in [-0.25, -0.2) is 0 Å². The van der Waals surface area contributed by atoms with Gasteiger partial charge >= 0.3 is 0 Å². The Labute approximate surface area is 97.7 Å². The van der Waals surface area contributed by atoms with Crippen molar-refractivity contribution >= 4 is 0 Å². The summed E-state index contributed by atoms with van der Waals surface area (Å²) in [5.74, 6) is 1.77. The van der Waals surface area contributed by atoms with Gasteiger partial charge in [0, 0.05) is 0 Å². The van der Waals surface area contributed by atoms with E-state index < -0.39 is 0 Å². The molecule has 0 bridgehead atoms. The Hall–Kier alpha value is -0.0800. The van der Waals surface area contributed by atoms with Crippen LogP contribution < -0.4 is 0 Å². The highest BCUT2D eigenvalue weighted by atomic mass is 16.6. The number of hydrogen-bond acceptors (Lipinski definition) is 2. The predicted molar refractivity (Wildman–Crippen MR) is 60.9 cm³/mol. The molecule has 0 amide bonds. The second-order valence-electron chi connectivity index (χ2n) is 6.15. The first-order valence-corrected chi connectivity index (χ1v) is 7.03. The average molecular weight is 221 g/mol. The lowest BCUT2D eigenvalue weighted by atomic mass is 9.80. The third-order valence-corrected chi connectivity index (χ3v) is 4.96. The maximum absolute atomic E-state index is 5.59. The van der Waals surface area contributed by atoms with E-state index in [0.29, 0.717) is 24.4 Å². The molecule has 89 valence electrons. The van der Waals surface area contributed by atoms with Gasteiger partial charge in [-0.05, 0) is 63.2 Å². The topological polar surface area (TPSA) is 25.1 Å². The van der Waals surface area contributed by atoms with Gasteiger partial charge in [-0.2, -0.15) is 0 Å². The van der Waals surface area contributed by atoms with Crippen molar-refractivity contribution in [1.29, 1.82) is 0 Å². The molecule has 0 aromatic rings. The van der Waals surface area contributed by atoms with Crippen LogP contribution in [0.2, 0.25) is 0 Å². The van der Waals surface area contributed by atoms with Crippen LogP contribution in [0.5, 0.6) is 0 Å². The molecule has 2 aliphatic carbocycles. The van der Waals surface area contributed by atoms with Gasteiger partial charge in [0.2, 0.25) is 0 Å². The Kier molecular flexibility index (Phi) is 2.29. The largest absolute Gasteiger partial charge is 0.370 e. The van der Waals surface area contributed by atoms with Gasteiger partial charge in [-0.3, -0.25) is 0 Å². The zero-order valence-corrected chi connectivity index (χ0v) is 9.81. The lowest BCUT2D eigenvalue weighted by Gasteiger charge is -2.23. The first kappa shape index (κ1) is 9.90. The van der Waals surface area contributed by atoms with Crippen molar-refractivity contribution in [1.82, 2.24) is 0 Å². The second kappa shape index (κ2) is 3.71. The van der Waals surface area contributed by atoms with Crippen LogP contribution in [0.15, 0.2) is 0 Å². The van der Waals surface area contributed by atoms with E-state index in [-0.39, 0.29) is 0 Å². The standard InChI is InChI=1S/C14H21O2/c1(9-3-5-11-13(7-9)15-11)2-10-4-6-12-14(8-10)16-12/h1,9-14H,2-8H2. The van der Waals surface area contributed by atoms with E-state index in [1.54, 1.807) is 0 Å². The van der Waals surface area contributed by atoms with E-state index in [9.17, 15) is 0 Å². The highest BCUT2D eigenvalue weighted by Gasteiger charge is 2.45. The van der Waals surface area contributed by atoms with Crippen LogP contribution in [0.4, 0.5) is 0 Å². The molecule has 6 atom stereocenters. The van der Waals surface area contributed by atoms with Crippen molar-refractivity contribution in [2.75, 3.05) is 0 Å². The minimum atomic E-state index is 0.637. The minimum Gasteiger partial charge on any atom is -0.370 e. The summed E-state index contributed by atoms with van der Waals surface area (Å²) < 4.78 is 11.2. The van der Waals surface area contributed by atoms with E-state index in [1.807, 2.05) is 0 Å². The Morgan fingerprint density at radius 2 is 1.56 bits per heavy atom. The summed E-state index contributed by atoms with van der Waals surface area (Å²) in [4.78, 5) is 0. The quantitative estimate of drug-likeness (QED) is 0.685. The average Bonchev–Trinajstić information content (AvgIpc) is 3.19. The number of ether oxygens (including phenoxy) is 2. The smallest absolute Gasteiger partial charge is 0.0844 e. The summed E-state index contributed by atoms with van der Waals surface area (Å²) in [7, 11) is 0. The first-order chi connectivity index (χ1) is 7.88. The molecule has 2 saturated carbocycles. The SMILES string of the molecule is [CH](CC1CCC2OC2C1)C1CCC2OC2C1. The van der Waals surface area contributed by atoms with Gasteiger partial charge in [0.1, 0.15) is 0 Å². The maximum Gasteiger partial charge on any atom is 0.0844 e. The number of epoxide rings is 2. The molecular formula is C14H21O2. The molecule has 2 nitrogen and oxygen atoms in total. The minimum absolute atomic E-state index is 0.637. The van der Waals surface area contributed by atoms with Crippen LogP contribution in [-0.2, 0) is 9.47 Å². The maximum atomic E-state index is 5.59. The van der Waals surface area contributed by atoms with Crippen LogP contribution >= 0.6 is 0 Å². The Balaban J connectivity index is 1.22. The lowest BCUT2D eigenvalue weighted by molar-refractivity contribution is 0.340. The summed E-state index contributed by atoms with van der Waals surface area (Å²) in [6, 6.07) is 0. The van der Waals surface area contributed by atoms with Crippen molar-refractivity contribution in [3.05, 3.63) is 6.42 Å². The fraction of sp³-hybridized carbons (Fsp3) is 0.929. The molecule has 2 heterocycles. The van der Waals surface area contributed by atoms with Gasteiger partial charge in [0.25, 0.3) is 0 Å². The summed E-state index contributed by atoms with van der Waals surface area (Å²) in [5, 5.41) is 0. The summed E-state index contributed by atoms with van der Waals surface area (Å²) in [6.07, 6.45) is 14.6. The van der Waals surface area contributed by atoms with Gasteiger partial charge in [0.05, 0.1) is 24.4 Å². The monoisotopic (exact) mass is 221 g/mol. The summed E-state index contributed by atoms with van der Waals surface area (Å²) >= 11 is 0. The van der Waals surface area contributed by atoms with Crippen molar-refractivity contribution in [2.24, 2.45) is 11.8 Å². The van der Waals surface area contributed by atoms with Crippen LogP contribution in [0.1, 0.15) is 44.9 Å². The van der Waals surface area contributed by atoms with Gasteiger partial charge < -0.3 is 9.47 Å². The molecule has 0 aromatic carbocycles. The van der Waals surface area contributed by atoms with E-state index in [2.05, 4.69) is 6.42 Å². The number of fused-ring (bicyclic) bond motifs is 2. The van der Waals surface area contributed by atoms with E-state index in [0.717, 1.165) is 11.8 Å². The third kappa shape index (κ3) is 1.91. The van der Waals surface area contributed by atoms with Crippen LogP contribution in [-0.4, -0.2) is 24.4 Å². The normalized spacial score (nSPS) is 54.0. The molecule has 0 N–H and O–H groups in total. The van der Waals surface area contributed by atoms with Crippen molar-refractivity contribution in [3.8, 4) is 0 Å².